The normalized spacial score (nSPS) is 24.4. The van der Waals surface area contributed by atoms with Crippen molar-refractivity contribution < 1.29 is 8.42 Å². The minimum Gasteiger partial charge on any atom is -0.201 e. The van der Waals surface area contributed by atoms with Gasteiger partial charge in [-0.25, -0.2) is 4.72 Å². The molecule has 1 aliphatic rings. The van der Waals surface area contributed by atoms with Crippen LogP contribution in [0.15, 0.2) is 0 Å². The van der Waals surface area contributed by atoms with Gasteiger partial charge in [-0.05, 0) is 31.1 Å². The highest BCUT2D eigenvalue weighted by molar-refractivity contribution is 9.09. The highest BCUT2D eigenvalue weighted by Crippen LogP contribution is 2.18. The van der Waals surface area contributed by atoms with Gasteiger partial charge in [-0.1, -0.05) is 36.7 Å². The fraction of sp³-hybridized carbons (Fsp3) is 1.00. The Morgan fingerprint density at radius 1 is 1.44 bits per heavy atom. The van der Waals surface area contributed by atoms with Crippen LogP contribution in [0, 0.1) is 11.8 Å². The number of alkyl halides is 1. The van der Waals surface area contributed by atoms with Gasteiger partial charge in [0.05, 0.1) is 0 Å². The van der Waals surface area contributed by atoms with Crippen molar-refractivity contribution >= 4 is 26.1 Å². The smallest absolute Gasteiger partial charge is 0.201 e. The Bertz CT molecular complexity index is 346. The summed E-state index contributed by atoms with van der Waals surface area (Å²) < 4.78 is 28.5. The summed E-state index contributed by atoms with van der Waals surface area (Å²) in [5.41, 5.74) is 0. The molecule has 1 heterocycles. The lowest BCUT2D eigenvalue weighted by molar-refractivity contribution is 0.278. The van der Waals surface area contributed by atoms with E-state index in [2.05, 4.69) is 41.4 Å². The molecule has 2 atom stereocenters. The third-order valence-corrected chi connectivity index (χ3v) is 5.41. The second kappa shape index (κ2) is 7.22. The first-order valence-electron chi connectivity index (χ1n) is 6.70. The van der Waals surface area contributed by atoms with Gasteiger partial charge in [0, 0.05) is 24.5 Å². The van der Waals surface area contributed by atoms with E-state index in [-0.39, 0.29) is 4.83 Å². The van der Waals surface area contributed by atoms with Crippen LogP contribution in [-0.4, -0.2) is 37.2 Å². The molecule has 0 radical (unpaired) electrons. The molecule has 0 bridgehead atoms. The van der Waals surface area contributed by atoms with Gasteiger partial charge in [-0.2, -0.15) is 12.7 Å². The van der Waals surface area contributed by atoms with Gasteiger partial charge in [0.1, 0.15) is 0 Å². The molecule has 0 aromatic rings. The number of nitrogens with zero attached hydrogens (tertiary/aromatic N) is 1. The van der Waals surface area contributed by atoms with Gasteiger partial charge in [0.15, 0.2) is 0 Å². The number of halogens is 1. The lowest BCUT2D eigenvalue weighted by Crippen LogP contribution is -2.46. The molecule has 1 rings (SSSR count). The molecule has 4 nitrogen and oxygen atoms in total. The molecule has 0 aromatic carbocycles. The molecule has 1 N–H and O–H groups in total. The molecule has 18 heavy (non-hydrogen) atoms. The molecule has 0 aliphatic carbocycles. The third kappa shape index (κ3) is 5.55. The van der Waals surface area contributed by atoms with Gasteiger partial charge in [-0.3, -0.25) is 0 Å². The predicted molar refractivity (Wildman–Crippen MR) is 79.1 cm³/mol. The lowest BCUT2D eigenvalue weighted by Gasteiger charge is -2.30. The Morgan fingerprint density at radius 3 is 2.67 bits per heavy atom. The molecule has 6 heteroatoms. The fourth-order valence-corrected chi connectivity index (χ4v) is 4.78. The van der Waals surface area contributed by atoms with Crippen LogP contribution in [0.4, 0.5) is 0 Å². The van der Waals surface area contributed by atoms with Gasteiger partial charge in [0.25, 0.3) is 10.2 Å². The lowest BCUT2D eigenvalue weighted by atomic mass is 10.0. The van der Waals surface area contributed by atoms with Crippen LogP contribution in [0.25, 0.3) is 0 Å². The van der Waals surface area contributed by atoms with Crippen molar-refractivity contribution in [3.8, 4) is 0 Å². The van der Waals surface area contributed by atoms with Crippen molar-refractivity contribution in [2.45, 2.75) is 44.9 Å². The average molecular weight is 341 g/mol. The van der Waals surface area contributed by atoms with Crippen molar-refractivity contribution in [3.63, 3.8) is 0 Å². The first kappa shape index (κ1) is 16.4. The Balaban J connectivity index is 2.44. The fourth-order valence-electron chi connectivity index (χ4n) is 2.25. The van der Waals surface area contributed by atoms with Gasteiger partial charge in [-0.15, -0.1) is 0 Å². The van der Waals surface area contributed by atoms with E-state index in [9.17, 15) is 8.42 Å². The zero-order valence-electron chi connectivity index (χ0n) is 11.5. The summed E-state index contributed by atoms with van der Waals surface area (Å²) in [6.07, 6.45) is 3.06. The largest absolute Gasteiger partial charge is 0.279 e. The van der Waals surface area contributed by atoms with Crippen molar-refractivity contribution in [1.82, 2.24) is 9.03 Å². The second-order valence-electron chi connectivity index (χ2n) is 5.69. The summed E-state index contributed by atoms with van der Waals surface area (Å²) in [6, 6.07) is 0. The molecule has 0 amide bonds. The van der Waals surface area contributed by atoms with Crippen LogP contribution in [0.3, 0.4) is 0 Å². The zero-order chi connectivity index (χ0) is 13.8. The molecule has 1 saturated heterocycles. The monoisotopic (exact) mass is 340 g/mol. The van der Waals surface area contributed by atoms with Crippen LogP contribution < -0.4 is 4.72 Å². The van der Waals surface area contributed by atoms with Crippen LogP contribution >= 0.6 is 15.9 Å². The minimum absolute atomic E-state index is 0.203. The Kier molecular flexibility index (Phi) is 6.58. The van der Waals surface area contributed by atoms with Crippen LogP contribution in [0.2, 0.25) is 0 Å². The van der Waals surface area contributed by atoms with E-state index in [1.54, 1.807) is 4.31 Å². The third-order valence-electron chi connectivity index (χ3n) is 3.17. The van der Waals surface area contributed by atoms with Crippen LogP contribution in [0.1, 0.15) is 40.0 Å². The maximum Gasteiger partial charge on any atom is 0.279 e. The minimum atomic E-state index is -3.29. The molecule has 1 aliphatic heterocycles. The molecular weight excluding hydrogens is 316 g/mol. The summed E-state index contributed by atoms with van der Waals surface area (Å²) in [7, 11) is -3.29. The molecule has 0 saturated carbocycles. The van der Waals surface area contributed by atoms with Gasteiger partial charge in [0.2, 0.25) is 0 Å². The van der Waals surface area contributed by atoms with E-state index in [4.69, 9.17) is 0 Å². The van der Waals surface area contributed by atoms with Crippen molar-refractivity contribution in [3.05, 3.63) is 0 Å². The number of nitrogens with one attached hydrogen (secondary N) is 1. The molecule has 108 valence electrons. The molecule has 0 spiro atoms. The Hall–Kier alpha value is 0.350. The van der Waals surface area contributed by atoms with Gasteiger partial charge < -0.3 is 0 Å². The summed E-state index contributed by atoms with van der Waals surface area (Å²) >= 11 is 3.52. The van der Waals surface area contributed by atoms with E-state index in [1.165, 1.54) is 0 Å². The SMILES string of the molecule is CC(C)CC(Br)CNS(=O)(=O)N1CCCC(C)C1. The molecule has 1 fully saturated rings. The predicted octanol–water partition coefficient (Wildman–Crippen LogP) is 2.36. The van der Waals surface area contributed by atoms with E-state index < -0.39 is 10.2 Å². The molecule has 2 unspecified atom stereocenters. The average Bonchev–Trinajstić information content (AvgIpc) is 2.26. The highest BCUT2D eigenvalue weighted by atomic mass is 79.9. The Morgan fingerprint density at radius 2 is 2.11 bits per heavy atom. The maximum absolute atomic E-state index is 12.1. The number of piperidine rings is 1. The van der Waals surface area contributed by atoms with E-state index >= 15 is 0 Å². The summed E-state index contributed by atoms with van der Waals surface area (Å²) in [4.78, 5) is 0.203. The molecule has 0 aromatic heterocycles. The standard InChI is InChI=1S/C12H25BrN2O2S/c1-10(2)7-12(13)8-14-18(16,17)15-6-4-5-11(3)9-15/h10-12,14H,4-9H2,1-3H3. The summed E-state index contributed by atoms with van der Waals surface area (Å²) in [5, 5.41) is 0. The zero-order valence-corrected chi connectivity index (χ0v) is 13.9. The van der Waals surface area contributed by atoms with Crippen LogP contribution in [-0.2, 0) is 10.2 Å². The topological polar surface area (TPSA) is 49.4 Å². The van der Waals surface area contributed by atoms with Crippen LogP contribution in [0.5, 0.6) is 0 Å². The first-order chi connectivity index (χ1) is 8.31. The number of hydrogen-bond donors (Lipinski definition) is 1. The van der Waals surface area contributed by atoms with Crippen molar-refractivity contribution in [2.75, 3.05) is 19.6 Å². The van der Waals surface area contributed by atoms with Gasteiger partial charge >= 0.3 is 0 Å². The van der Waals surface area contributed by atoms with E-state index in [1.807, 2.05) is 0 Å². The number of hydrogen-bond acceptors (Lipinski definition) is 2. The summed E-state index contributed by atoms with van der Waals surface area (Å²) in [5.74, 6) is 1.03. The second-order valence-corrected chi connectivity index (χ2v) is 8.74. The molecular formula is C12H25BrN2O2S. The van der Waals surface area contributed by atoms with Crippen molar-refractivity contribution in [1.29, 1.82) is 0 Å². The first-order valence-corrected chi connectivity index (χ1v) is 9.05. The van der Waals surface area contributed by atoms with E-state index in [0.717, 1.165) is 19.3 Å². The number of rotatable bonds is 6. The van der Waals surface area contributed by atoms with E-state index in [0.29, 0.717) is 31.5 Å². The summed E-state index contributed by atoms with van der Waals surface area (Å²) in [6.45, 7) is 8.13. The Labute approximate surface area is 120 Å². The quantitative estimate of drug-likeness (QED) is 0.754. The maximum atomic E-state index is 12.1. The highest BCUT2D eigenvalue weighted by Gasteiger charge is 2.27. The van der Waals surface area contributed by atoms with Crippen molar-refractivity contribution in [2.24, 2.45) is 11.8 Å².